The van der Waals surface area contributed by atoms with Crippen LogP contribution in [0.5, 0.6) is 5.75 Å². The molecule has 0 saturated carbocycles. The molecule has 0 atom stereocenters. The first-order valence-electron chi connectivity index (χ1n) is 2.94. The fourth-order valence-electron chi connectivity index (χ4n) is 0.665. The first-order chi connectivity index (χ1) is 5.27. The van der Waals surface area contributed by atoms with Gasteiger partial charge < -0.3 is 9.72 Å². The van der Waals surface area contributed by atoms with Crippen molar-refractivity contribution >= 4 is 0 Å². The summed E-state index contributed by atoms with van der Waals surface area (Å²) < 4.78 is 4.79. The number of hydrogen-bond acceptors (Lipinski definition) is 3. The molecule has 4 nitrogen and oxygen atoms in total. The van der Waals surface area contributed by atoms with Gasteiger partial charge in [-0.1, -0.05) is 0 Å². The van der Waals surface area contributed by atoms with E-state index in [0.29, 0.717) is 5.75 Å². The summed E-state index contributed by atoms with van der Waals surface area (Å²) >= 11 is 0. The third kappa shape index (κ3) is 1.38. The molecule has 0 fully saturated rings. The molecule has 0 aliphatic heterocycles. The van der Waals surface area contributed by atoms with Gasteiger partial charge in [0, 0.05) is 12.3 Å². The van der Waals surface area contributed by atoms with Crippen molar-refractivity contribution in [3.63, 3.8) is 0 Å². The lowest BCUT2D eigenvalue weighted by Crippen LogP contribution is -2.08. The normalized spacial score (nSPS) is 8.73. The number of nitrogens with zero attached hydrogens (tertiary/aromatic N) is 1. The van der Waals surface area contributed by atoms with Gasteiger partial charge in [-0.2, -0.15) is 5.26 Å². The summed E-state index contributed by atoms with van der Waals surface area (Å²) in [6, 6.07) is 3.13. The summed E-state index contributed by atoms with van der Waals surface area (Å²) in [4.78, 5) is 13.2. The summed E-state index contributed by atoms with van der Waals surface area (Å²) in [5, 5.41) is 8.41. The fraction of sp³-hybridized carbons (Fsp3) is 0.143. The number of aromatic amines is 1. The van der Waals surface area contributed by atoms with Crippen molar-refractivity contribution in [2.45, 2.75) is 0 Å². The van der Waals surface area contributed by atoms with Crippen molar-refractivity contribution in [3.8, 4) is 11.8 Å². The molecule has 0 saturated heterocycles. The average Bonchev–Trinajstić information content (AvgIpc) is 2.05. The van der Waals surface area contributed by atoms with E-state index in [1.54, 1.807) is 6.07 Å². The average molecular weight is 150 g/mol. The monoisotopic (exact) mass is 150 g/mol. The Labute approximate surface area is 63.0 Å². The summed E-state index contributed by atoms with van der Waals surface area (Å²) in [5.74, 6) is 0.473. The first-order valence-corrected chi connectivity index (χ1v) is 2.94. The smallest absolute Gasteiger partial charge is 0.266 e. The van der Waals surface area contributed by atoms with Crippen LogP contribution in [-0.4, -0.2) is 12.1 Å². The Balaban J connectivity index is 3.26. The van der Waals surface area contributed by atoms with Crippen LogP contribution in [0, 0.1) is 11.3 Å². The van der Waals surface area contributed by atoms with E-state index in [-0.39, 0.29) is 5.56 Å². The number of pyridine rings is 1. The minimum Gasteiger partial charge on any atom is -0.495 e. The topological polar surface area (TPSA) is 65.9 Å². The van der Waals surface area contributed by atoms with E-state index < -0.39 is 5.56 Å². The Bertz CT molecular complexity index is 348. The van der Waals surface area contributed by atoms with Crippen LogP contribution in [0.1, 0.15) is 5.56 Å². The number of H-pyrrole nitrogens is 1. The highest BCUT2D eigenvalue weighted by atomic mass is 16.5. The Morgan fingerprint density at radius 3 is 3.00 bits per heavy atom. The Kier molecular flexibility index (Phi) is 1.93. The van der Waals surface area contributed by atoms with Gasteiger partial charge in [0.1, 0.15) is 17.4 Å². The largest absolute Gasteiger partial charge is 0.495 e. The SMILES string of the molecule is COc1c[nH]c(=O)c(C#N)c1. The zero-order valence-electron chi connectivity index (χ0n) is 5.92. The van der Waals surface area contributed by atoms with Crippen LogP contribution in [0.25, 0.3) is 0 Å². The quantitative estimate of drug-likeness (QED) is 0.624. The van der Waals surface area contributed by atoms with E-state index in [9.17, 15) is 4.79 Å². The van der Waals surface area contributed by atoms with Gasteiger partial charge in [-0.05, 0) is 0 Å². The number of methoxy groups -OCH3 is 1. The van der Waals surface area contributed by atoms with E-state index >= 15 is 0 Å². The summed E-state index contributed by atoms with van der Waals surface area (Å²) in [6.07, 6.45) is 1.41. The summed E-state index contributed by atoms with van der Waals surface area (Å²) in [6.45, 7) is 0. The van der Waals surface area contributed by atoms with E-state index in [0.717, 1.165) is 0 Å². The van der Waals surface area contributed by atoms with Crippen LogP contribution in [0.15, 0.2) is 17.1 Å². The van der Waals surface area contributed by atoms with Crippen LogP contribution >= 0.6 is 0 Å². The van der Waals surface area contributed by atoms with Gasteiger partial charge >= 0.3 is 0 Å². The highest BCUT2D eigenvalue weighted by molar-refractivity contribution is 5.32. The van der Waals surface area contributed by atoms with E-state index in [1.807, 2.05) is 0 Å². The van der Waals surface area contributed by atoms with E-state index in [4.69, 9.17) is 10.00 Å². The molecule has 1 N–H and O–H groups in total. The van der Waals surface area contributed by atoms with Gasteiger partial charge in [-0.15, -0.1) is 0 Å². The Morgan fingerprint density at radius 2 is 2.45 bits per heavy atom. The number of nitriles is 1. The molecular formula is C7H6N2O2. The van der Waals surface area contributed by atoms with Crippen molar-refractivity contribution in [2.75, 3.05) is 7.11 Å². The minimum absolute atomic E-state index is 0.0596. The van der Waals surface area contributed by atoms with Crippen molar-refractivity contribution < 1.29 is 4.74 Å². The van der Waals surface area contributed by atoms with Crippen molar-refractivity contribution in [3.05, 3.63) is 28.2 Å². The molecule has 11 heavy (non-hydrogen) atoms. The number of ether oxygens (including phenoxy) is 1. The van der Waals surface area contributed by atoms with Crippen LogP contribution in [0.3, 0.4) is 0 Å². The summed E-state index contributed by atoms with van der Waals surface area (Å²) in [7, 11) is 1.47. The Morgan fingerprint density at radius 1 is 1.73 bits per heavy atom. The second-order valence-electron chi connectivity index (χ2n) is 1.89. The lowest BCUT2D eigenvalue weighted by atomic mass is 10.3. The van der Waals surface area contributed by atoms with Gasteiger partial charge in [-0.3, -0.25) is 4.79 Å². The minimum atomic E-state index is -0.395. The van der Waals surface area contributed by atoms with Gasteiger partial charge in [0.2, 0.25) is 0 Å². The predicted molar refractivity (Wildman–Crippen MR) is 38.3 cm³/mol. The summed E-state index contributed by atoms with van der Waals surface area (Å²) in [5.41, 5.74) is -0.336. The van der Waals surface area contributed by atoms with Crippen molar-refractivity contribution in [2.24, 2.45) is 0 Å². The molecule has 1 aromatic heterocycles. The highest BCUT2D eigenvalue weighted by Gasteiger charge is 1.98. The second-order valence-corrected chi connectivity index (χ2v) is 1.89. The number of nitrogens with one attached hydrogen (secondary N) is 1. The molecular weight excluding hydrogens is 144 g/mol. The zero-order valence-corrected chi connectivity index (χ0v) is 5.92. The highest BCUT2D eigenvalue weighted by Crippen LogP contribution is 2.05. The molecule has 4 heteroatoms. The maximum Gasteiger partial charge on any atom is 0.266 e. The molecule has 0 radical (unpaired) electrons. The maximum atomic E-state index is 10.8. The van der Waals surface area contributed by atoms with Crippen molar-refractivity contribution in [1.29, 1.82) is 5.26 Å². The van der Waals surface area contributed by atoms with E-state index in [2.05, 4.69) is 4.98 Å². The molecule has 1 heterocycles. The number of rotatable bonds is 1. The van der Waals surface area contributed by atoms with Crippen molar-refractivity contribution in [1.82, 2.24) is 4.98 Å². The van der Waals surface area contributed by atoms with Gasteiger partial charge in [-0.25, -0.2) is 0 Å². The number of aromatic nitrogens is 1. The molecule has 0 aliphatic rings. The van der Waals surface area contributed by atoms with Gasteiger partial charge in [0.05, 0.1) is 7.11 Å². The predicted octanol–water partition coefficient (Wildman–Crippen LogP) is 0.255. The zero-order chi connectivity index (χ0) is 8.27. The van der Waals surface area contributed by atoms with Crippen LogP contribution < -0.4 is 10.3 Å². The van der Waals surface area contributed by atoms with Gasteiger partial charge in [0.15, 0.2) is 0 Å². The first kappa shape index (κ1) is 7.35. The van der Waals surface area contributed by atoms with Gasteiger partial charge in [0.25, 0.3) is 5.56 Å². The molecule has 0 amide bonds. The molecule has 1 rings (SSSR count). The third-order valence-corrected chi connectivity index (χ3v) is 1.23. The fourth-order valence-corrected chi connectivity index (χ4v) is 0.665. The molecule has 0 bridgehead atoms. The molecule has 0 aliphatic carbocycles. The number of hydrogen-bond donors (Lipinski definition) is 1. The lowest BCUT2D eigenvalue weighted by molar-refractivity contribution is 0.412. The van der Waals surface area contributed by atoms with Crippen LogP contribution in [0.4, 0.5) is 0 Å². The van der Waals surface area contributed by atoms with Crippen LogP contribution in [-0.2, 0) is 0 Å². The second kappa shape index (κ2) is 2.88. The lowest BCUT2D eigenvalue weighted by Gasteiger charge is -1.96. The molecule has 0 aromatic carbocycles. The molecule has 0 unspecified atom stereocenters. The Hall–Kier alpha value is -1.76. The maximum absolute atomic E-state index is 10.8. The molecule has 1 aromatic rings. The third-order valence-electron chi connectivity index (χ3n) is 1.23. The molecule has 56 valence electrons. The standard InChI is InChI=1S/C7H6N2O2/c1-11-6-2-5(3-8)7(10)9-4-6/h2,4H,1H3,(H,9,10). The van der Waals surface area contributed by atoms with E-state index in [1.165, 1.54) is 19.4 Å². The van der Waals surface area contributed by atoms with Crippen LogP contribution in [0.2, 0.25) is 0 Å². The molecule has 0 spiro atoms.